The average molecular weight is 219 g/mol. The van der Waals surface area contributed by atoms with Crippen LogP contribution in [0.1, 0.15) is 12.6 Å². The number of aliphatic hydroxyl groups excluding tert-OH is 1. The van der Waals surface area contributed by atoms with Crippen molar-refractivity contribution >= 4 is 10.9 Å². The summed E-state index contributed by atoms with van der Waals surface area (Å²) >= 11 is 0. The third-order valence-electron chi connectivity index (χ3n) is 2.87. The van der Waals surface area contributed by atoms with E-state index >= 15 is 0 Å². The van der Waals surface area contributed by atoms with Crippen LogP contribution in [0, 0.1) is 0 Å². The molecule has 86 valence electrons. The summed E-state index contributed by atoms with van der Waals surface area (Å²) in [5.41, 5.74) is 2.28. The number of benzene rings is 1. The van der Waals surface area contributed by atoms with Crippen LogP contribution >= 0.6 is 0 Å². The molecule has 1 aromatic heterocycles. The Morgan fingerprint density at radius 3 is 2.81 bits per heavy atom. The molecule has 0 fully saturated rings. The normalized spacial score (nSPS) is 10.9. The van der Waals surface area contributed by atoms with Gasteiger partial charge in [-0.1, -0.05) is 12.1 Å². The minimum atomic E-state index is 0.179. The van der Waals surface area contributed by atoms with Crippen molar-refractivity contribution in [3.05, 3.63) is 30.0 Å². The van der Waals surface area contributed by atoms with Crippen LogP contribution in [-0.2, 0) is 13.0 Å². The zero-order valence-corrected chi connectivity index (χ0v) is 9.73. The van der Waals surface area contributed by atoms with E-state index in [0.29, 0.717) is 6.42 Å². The SMILES string of the molecule is CCn1c(CCO)cc2cccc(OC)c21. The highest BCUT2D eigenvalue weighted by atomic mass is 16.5. The molecule has 1 heterocycles. The van der Waals surface area contributed by atoms with Gasteiger partial charge in [0.05, 0.1) is 12.6 Å². The first-order valence-electron chi connectivity index (χ1n) is 5.57. The Hall–Kier alpha value is -1.48. The summed E-state index contributed by atoms with van der Waals surface area (Å²) in [6.45, 7) is 3.17. The molecule has 1 aromatic carbocycles. The maximum atomic E-state index is 9.05. The van der Waals surface area contributed by atoms with E-state index in [2.05, 4.69) is 23.6 Å². The molecule has 0 aliphatic carbocycles. The second-order valence-electron chi connectivity index (χ2n) is 3.75. The number of hydrogen-bond acceptors (Lipinski definition) is 2. The van der Waals surface area contributed by atoms with E-state index in [-0.39, 0.29) is 6.61 Å². The molecule has 0 unspecified atom stereocenters. The maximum absolute atomic E-state index is 9.05. The number of methoxy groups -OCH3 is 1. The summed E-state index contributed by atoms with van der Waals surface area (Å²) in [5.74, 6) is 0.892. The predicted molar refractivity (Wildman–Crippen MR) is 65.0 cm³/mol. The van der Waals surface area contributed by atoms with E-state index in [1.807, 2.05) is 12.1 Å². The minimum absolute atomic E-state index is 0.179. The largest absolute Gasteiger partial charge is 0.495 e. The molecule has 0 radical (unpaired) electrons. The number of aryl methyl sites for hydroxylation is 1. The molecule has 2 aromatic rings. The number of ether oxygens (including phenoxy) is 1. The van der Waals surface area contributed by atoms with Gasteiger partial charge in [-0.3, -0.25) is 0 Å². The number of fused-ring (bicyclic) bond motifs is 1. The summed E-state index contributed by atoms with van der Waals surface area (Å²) < 4.78 is 7.58. The van der Waals surface area contributed by atoms with Crippen molar-refractivity contribution < 1.29 is 9.84 Å². The van der Waals surface area contributed by atoms with Crippen molar-refractivity contribution in [2.24, 2.45) is 0 Å². The lowest BCUT2D eigenvalue weighted by Crippen LogP contribution is -2.03. The summed E-state index contributed by atoms with van der Waals surface area (Å²) in [6, 6.07) is 8.16. The fourth-order valence-corrected chi connectivity index (χ4v) is 2.19. The molecule has 0 saturated carbocycles. The molecule has 16 heavy (non-hydrogen) atoms. The third-order valence-corrected chi connectivity index (χ3v) is 2.87. The van der Waals surface area contributed by atoms with Gasteiger partial charge in [0.1, 0.15) is 5.75 Å². The molecule has 2 rings (SSSR count). The summed E-state index contributed by atoms with van der Waals surface area (Å²) in [4.78, 5) is 0. The van der Waals surface area contributed by atoms with Crippen LogP contribution in [0.5, 0.6) is 5.75 Å². The molecule has 0 aliphatic rings. The molecule has 1 N–H and O–H groups in total. The van der Waals surface area contributed by atoms with Crippen molar-refractivity contribution in [3.63, 3.8) is 0 Å². The molecule has 0 aliphatic heterocycles. The van der Waals surface area contributed by atoms with Crippen molar-refractivity contribution in [1.82, 2.24) is 4.57 Å². The first kappa shape index (κ1) is 11.0. The summed E-state index contributed by atoms with van der Waals surface area (Å²) in [5, 5.41) is 10.2. The van der Waals surface area contributed by atoms with Gasteiger partial charge in [0, 0.05) is 30.7 Å². The Balaban J connectivity index is 2.67. The monoisotopic (exact) mass is 219 g/mol. The molecule has 3 nitrogen and oxygen atoms in total. The molecule has 0 amide bonds. The number of para-hydroxylation sites is 1. The van der Waals surface area contributed by atoms with Gasteiger partial charge < -0.3 is 14.4 Å². The molecule has 0 saturated heterocycles. The van der Waals surface area contributed by atoms with Crippen molar-refractivity contribution in [3.8, 4) is 5.75 Å². The van der Waals surface area contributed by atoms with E-state index in [1.54, 1.807) is 7.11 Å². The van der Waals surface area contributed by atoms with Crippen molar-refractivity contribution in [2.45, 2.75) is 19.9 Å². The first-order valence-corrected chi connectivity index (χ1v) is 5.57. The van der Waals surface area contributed by atoms with Gasteiger partial charge in [-0.15, -0.1) is 0 Å². The summed E-state index contributed by atoms with van der Waals surface area (Å²) in [7, 11) is 1.69. The lowest BCUT2D eigenvalue weighted by atomic mass is 10.2. The second kappa shape index (κ2) is 4.58. The van der Waals surface area contributed by atoms with Gasteiger partial charge in [-0.25, -0.2) is 0 Å². The van der Waals surface area contributed by atoms with Gasteiger partial charge >= 0.3 is 0 Å². The van der Waals surface area contributed by atoms with Crippen LogP contribution < -0.4 is 4.74 Å². The Bertz CT molecular complexity index is 488. The number of rotatable bonds is 4. The molecule has 0 bridgehead atoms. The highest BCUT2D eigenvalue weighted by Gasteiger charge is 2.10. The summed E-state index contributed by atoms with van der Waals surface area (Å²) in [6.07, 6.45) is 0.686. The highest BCUT2D eigenvalue weighted by Crippen LogP contribution is 2.28. The van der Waals surface area contributed by atoms with Crippen LogP contribution in [0.4, 0.5) is 0 Å². The smallest absolute Gasteiger partial charge is 0.143 e. The van der Waals surface area contributed by atoms with E-state index in [4.69, 9.17) is 9.84 Å². The van der Waals surface area contributed by atoms with Crippen molar-refractivity contribution in [1.29, 1.82) is 0 Å². The fourth-order valence-electron chi connectivity index (χ4n) is 2.19. The standard InChI is InChI=1S/C13H17NO2/c1-3-14-11(7-8-15)9-10-5-4-6-12(16-2)13(10)14/h4-6,9,15H,3,7-8H2,1-2H3. The molecular formula is C13H17NO2. The average Bonchev–Trinajstić information content (AvgIpc) is 2.66. The van der Waals surface area contributed by atoms with Gasteiger partial charge in [-0.05, 0) is 19.1 Å². The van der Waals surface area contributed by atoms with Crippen molar-refractivity contribution in [2.75, 3.05) is 13.7 Å². The Labute approximate surface area is 95.3 Å². The Morgan fingerprint density at radius 2 is 2.19 bits per heavy atom. The van der Waals surface area contributed by atoms with Crippen LogP contribution in [0.25, 0.3) is 10.9 Å². The highest BCUT2D eigenvalue weighted by molar-refractivity contribution is 5.87. The zero-order chi connectivity index (χ0) is 11.5. The van der Waals surface area contributed by atoms with Gasteiger partial charge in [0.25, 0.3) is 0 Å². The molecular weight excluding hydrogens is 202 g/mol. The van der Waals surface area contributed by atoms with Crippen LogP contribution in [0.3, 0.4) is 0 Å². The quantitative estimate of drug-likeness (QED) is 0.855. The maximum Gasteiger partial charge on any atom is 0.143 e. The molecule has 3 heteroatoms. The van der Waals surface area contributed by atoms with Crippen LogP contribution in [0.15, 0.2) is 24.3 Å². The van der Waals surface area contributed by atoms with Crippen LogP contribution in [-0.4, -0.2) is 23.4 Å². The topological polar surface area (TPSA) is 34.4 Å². The number of hydrogen-bond donors (Lipinski definition) is 1. The third kappa shape index (κ3) is 1.67. The Kier molecular flexibility index (Phi) is 3.15. The fraction of sp³-hybridized carbons (Fsp3) is 0.385. The van der Waals surface area contributed by atoms with Gasteiger partial charge in [0.2, 0.25) is 0 Å². The van der Waals surface area contributed by atoms with Crippen LogP contribution in [0.2, 0.25) is 0 Å². The predicted octanol–water partition coefficient (Wildman–Crippen LogP) is 2.20. The zero-order valence-electron chi connectivity index (χ0n) is 9.73. The molecule has 0 spiro atoms. The molecule has 0 atom stereocenters. The van der Waals surface area contributed by atoms with E-state index in [9.17, 15) is 0 Å². The van der Waals surface area contributed by atoms with Gasteiger partial charge in [0.15, 0.2) is 0 Å². The van der Waals surface area contributed by atoms with Gasteiger partial charge in [-0.2, -0.15) is 0 Å². The lowest BCUT2D eigenvalue weighted by molar-refractivity contribution is 0.296. The van der Waals surface area contributed by atoms with E-state index in [0.717, 1.165) is 23.5 Å². The first-order chi connectivity index (χ1) is 7.81. The van der Waals surface area contributed by atoms with E-state index < -0.39 is 0 Å². The number of nitrogens with zero attached hydrogens (tertiary/aromatic N) is 1. The Morgan fingerprint density at radius 1 is 1.38 bits per heavy atom. The van der Waals surface area contributed by atoms with E-state index in [1.165, 1.54) is 5.39 Å². The number of aromatic nitrogens is 1. The lowest BCUT2D eigenvalue weighted by Gasteiger charge is -2.09. The second-order valence-corrected chi connectivity index (χ2v) is 3.75. The minimum Gasteiger partial charge on any atom is -0.495 e. The number of aliphatic hydroxyl groups is 1.